The van der Waals surface area contributed by atoms with Crippen molar-refractivity contribution in [1.82, 2.24) is 4.72 Å². The van der Waals surface area contributed by atoms with Gasteiger partial charge < -0.3 is 9.73 Å². The lowest BCUT2D eigenvalue weighted by Crippen LogP contribution is -2.30. The third-order valence-electron chi connectivity index (χ3n) is 2.43. The number of nitrogens with two attached hydrogens (primary N) is 1. The quantitative estimate of drug-likeness (QED) is 0.757. The first-order valence-corrected chi connectivity index (χ1v) is 7.20. The van der Waals surface area contributed by atoms with E-state index in [9.17, 15) is 13.2 Å². The standard InChI is InChI=1S/C12H13N3O4S/c13-20(17,18)14-8-9-3-5-10(6-4-9)15-12(16)11-2-1-7-19-11/h1-7,14H,8H2,(H,15,16)(H2,13,17,18). The highest BCUT2D eigenvalue weighted by Gasteiger charge is 2.08. The van der Waals surface area contributed by atoms with Crippen molar-refractivity contribution in [1.29, 1.82) is 0 Å². The number of rotatable bonds is 5. The van der Waals surface area contributed by atoms with E-state index in [2.05, 4.69) is 10.0 Å². The second-order valence-electron chi connectivity index (χ2n) is 3.99. The maximum Gasteiger partial charge on any atom is 0.291 e. The lowest BCUT2D eigenvalue weighted by atomic mass is 10.2. The summed E-state index contributed by atoms with van der Waals surface area (Å²) in [5.41, 5.74) is 1.29. The van der Waals surface area contributed by atoms with Gasteiger partial charge in [0.25, 0.3) is 16.1 Å². The molecule has 8 heteroatoms. The van der Waals surface area contributed by atoms with E-state index in [1.807, 2.05) is 0 Å². The van der Waals surface area contributed by atoms with E-state index in [0.717, 1.165) is 5.56 Å². The lowest BCUT2D eigenvalue weighted by Gasteiger charge is -2.05. The maximum atomic E-state index is 11.7. The second kappa shape index (κ2) is 5.87. The van der Waals surface area contributed by atoms with Crippen LogP contribution in [0.1, 0.15) is 16.1 Å². The molecule has 0 aliphatic rings. The molecular weight excluding hydrogens is 282 g/mol. The van der Waals surface area contributed by atoms with E-state index < -0.39 is 10.2 Å². The van der Waals surface area contributed by atoms with Gasteiger partial charge in [-0.15, -0.1) is 0 Å². The Morgan fingerprint density at radius 1 is 1.20 bits per heavy atom. The summed E-state index contributed by atoms with van der Waals surface area (Å²) in [6.45, 7) is 0.0885. The van der Waals surface area contributed by atoms with E-state index in [-0.39, 0.29) is 18.2 Å². The summed E-state index contributed by atoms with van der Waals surface area (Å²) in [5.74, 6) is -0.143. The number of furan rings is 1. The first kappa shape index (κ1) is 14.3. The van der Waals surface area contributed by atoms with Gasteiger partial charge in [-0.3, -0.25) is 4.79 Å². The van der Waals surface area contributed by atoms with Crippen LogP contribution in [0.4, 0.5) is 5.69 Å². The Balaban J connectivity index is 1.96. The van der Waals surface area contributed by atoms with Crippen LogP contribution in [-0.4, -0.2) is 14.3 Å². The van der Waals surface area contributed by atoms with Gasteiger partial charge in [0.2, 0.25) is 0 Å². The minimum Gasteiger partial charge on any atom is -0.459 e. The Kier molecular flexibility index (Phi) is 4.18. The predicted molar refractivity (Wildman–Crippen MR) is 73.1 cm³/mol. The molecule has 0 saturated carbocycles. The molecule has 1 aromatic carbocycles. The van der Waals surface area contributed by atoms with Gasteiger partial charge in [0.1, 0.15) is 0 Å². The molecule has 2 aromatic rings. The number of anilines is 1. The predicted octanol–water partition coefficient (Wildman–Crippen LogP) is 0.825. The molecule has 1 amide bonds. The molecule has 0 fully saturated rings. The molecule has 1 aromatic heterocycles. The van der Waals surface area contributed by atoms with Crippen LogP contribution in [0.5, 0.6) is 0 Å². The third kappa shape index (κ3) is 4.19. The second-order valence-corrected chi connectivity index (χ2v) is 5.37. The number of hydrogen-bond donors (Lipinski definition) is 3. The first-order valence-electron chi connectivity index (χ1n) is 5.65. The number of amides is 1. The van der Waals surface area contributed by atoms with E-state index in [4.69, 9.17) is 9.56 Å². The van der Waals surface area contributed by atoms with Gasteiger partial charge in [0.05, 0.1) is 6.26 Å². The van der Waals surface area contributed by atoms with Gasteiger partial charge in [-0.1, -0.05) is 12.1 Å². The van der Waals surface area contributed by atoms with Gasteiger partial charge in [0.15, 0.2) is 5.76 Å². The van der Waals surface area contributed by atoms with Crippen molar-refractivity contribution in [3.8, 4) is 0 Å². The van der Waals surface area contributed by atoms with Gasteiger partial charge in [-0.05, 0) is 29.8 Å². The zero-order valence-electron chi connectivity index (χ0n) is 10.4. The van der Waals surface area contributed by atoms with Crippen LogP contribution >= 0.6 is 0 Å². The Morgan fingerprint density at radius 2 is 1.90 bits per heavy atom. The summed E-state index contributed by atoms with van der Waals surface area (Å²) < 4.78 is 28.6. The Labute approximate surface area is 116 Å². The minimum absolute atomic E-state index is 0.0885. The fourth-order valence-electron chi connectivity index (χ4n) is 1.49. The first-order chi connectivity index (χ1) is 9.44. The van der Waals surface area contributed by atoms with Crippen molar-refractivity contribution in [3.63, 3.8) is 0 Å². The molecule has 0 radical (unpaired) electrons. The van der Waals surface area contributed by atoms with Gasteiger partial charge in [-0.2, -0.15) is 13.1 Å². The lowest BCUT2D eigenvalue weighted by molar-refractivity contribution is 0.0996. The molecule has 7 nitrogen and oxygen atoms in total. The van der Waals surface area contributed by atoms with Gasteiger partial charge in [-0.25, -0.2) is 5.14 Å². The summed E-state index contributed by atoms with van der Waals surface area (Å²) in [6.07, 6.45) is 1.41. The molecule has 0 saturated heterocycles. The highest BCUT2D eigenvalue weighted by Crippen LogP contribution is 2.11. The number of carbonyl (C=O) groups excluding carboxylic acids is 1. The number of benzene rings is 1. The SMILES string of the molecule is NS(=O)(=O)NCc1ccc(NC(=O)c2ccco2)cc1. The molecule has 2 rings (SSSR count). The van der Waals surface area contributed by atoms with Gasteiger partial charge >= 0.3 is 0 Å². The highest BCUT2D eigenvalue weighted by molar-refractivity contribution is 7.87. The average Bonchev–Trinajstić information content (AvgIpc) is 2.91. The van der Waals surface area contributed by atoms with Crippen LogP contribution < -0.4 is 15.2 Å². The summed E-state index contributed by atoms with van der Waals surface area (Å²) in [6, 6.07) is 9.84. The molecule has 106 valence electrons. The molecule has 0 atom stereocenters. The largest absolute Gasteiger partial charge is 0.459 e. The Bertz CT molecular complexity index is 678. The average molecular weight is 295 g/mol. The molecule has 0 bridgehead atoms. The van der Waals surface area contributed by atoms with Crippen molar-refractivity contribution >= 4 is 21.8 Å². The maximum absolute atomic E-state index is 11.7. The minimum atomic E-state index is -3.71. The molecule has 0 unspecified atom stereocenters. The van der Waals surface area contributed by atoms with Crippen molar-refractivity contribution in [3.05, 3.63) is 54.0 Å². The summed E-state index contributed by atoms with van der Waals surface area (Å²) in [7, 11) is -3.71. The fourth-order valence-corrected chi connectivity index (χ4v) is 1.86. The molecule has 0 aliphatic carbocycles. The zero-order valence-corrected chi connectivity index (χ0v) is 11.2. The number of carbonyl (C=O) groups is 1. The van der Waals surface area contributed by atoms with Crippen molar-refractivity contribution in [2.45, 2.75) is 6.54 Å². The van der Waals surface area contributed by atoms with Crippen LogP contribution in [0.3, 0.4) is 0 Å². The fraction of sp³-hybridized carbons (Fsp3) is 0.0833. The van der Waals surface area contributed by atoms with Crippen LogP contribution in [0, 0.1) is 0 Å². The number of hydrogen-bond acceptors (Lipinski definition) is 4. The van der Waals surface area contributed by atoms with E-state index in [0.29, 0.717) is 5.69 Å². The van der Waals surface area contributed by atoms with Crippen LogP contribution in [0.25, 0.3) is 0 Å². The topological polar surface area (TPSA) is 114 Å². The normalized spacial score (nSPS) is 11.2. The van der Waals surface area contributed by atoms with Crippen LogP contribution in [0.15, 0.2) is 47.1 Å². The number of nitrogens with one attached hydrogen (secondary N) is 2. The summed E-state index contributed by atoms with van der Waals surface area (Å²) in [5, 5.41) is 7.47. The molecule has 4 N–H and O–H groups in total. The van der Waals surface area contributed by atoms with Crippen molar-refractivity contribution in [2.75, 3.05) is 5.32 Å². The van der Waals surface area contributed by atoms with E-state index in [1.54, 1.807) is 36.4 Å². The molecule has 1 heterocycles. The molecule has 0 aliphatic heterocycles. The van der Waals surface area contributed by atoms with Crippen molar-refractivity contribution < 1.29 is 17.6 Å². The van der Waals surface area contributed by atoms with Gasteiger partial charge in [0, 0.05) is 12.2 Å². The third-order valence-corrected chi connectivity index (χ3v) is 2.98. The smallest absolute Gasteiger partial charge is 0.291 e. The molecular formula is C12H13N3O4S. The zero-order chi connectivity index (χ0) is 14.6. The molecule has 20 heavy (non-hydrogen) atoms. The van der Waals surface area contributed by atoms with E-state index in [1.165, 1.54) is 6.26 Å². The molecule has 0 spiro atoms. The summed E-state index contributed by atoms with van der Waals surface area (Å²) >= 11 is 0. The van der Waals surface area contributed by atoms with E-state index >= 15 is 0 Å². The monoisotopic (exact) mass is 295 g/mol. The van der Waals surface area contributed by atoms with Crippen LogP contribution in [-0.2, 0) is 16.8 Å². The Hall–Kier alpha value is -2.16. The Morgan fingerprint density at radius 3 is 2.45 bits per heavy atom. The highest BCUT2D eigenvalue weighted by atomic mass is 32.2. The van der Waals surface area contributed by atoms with Crippen molar-refractivity contribution in [2.24, 2.45) is 5.14 Å². The van der Waals surface area contributed by atoms with Crippen LogP contribution in [0.2, 0.25) is 0 Å². The summed E-state index contributed by atoms with van der Waals surface area (Å²) in [4.78, 5) is 11.7.